The highest BCUT2D eigenvalue weighted by Crippen LogP contribution is 2.03. The lowest BCUT2D eigenvalue weighted by atomic mass is 10.1. The van der Waals surface area contributed by atoms with Gasteiger partial charge < -0.3 is 14.6 Å². The van der Waals surface area contributed by atoms with E-state index in [4.69, 9.17) is 9.47 Å². The van der Waals surface area contributed by atoms with Crippen molar-refractivity contribution in [3.63, 3.8) is 0 Å². The second-order valence-electron chi connectivity index (χ2n) is 3.62. The number of hydrogen-bond acceptors (Lipinski definition) is 3. The zero-order valence-electron chi connectivity index (χ0n) is 9.76. The second kappa shape index (κ2) is 8.28. The molecule has 3 nitrogen and oxygen atoms in total. The molecule has 0 radical (unpaired) electrons. The van der Waals surface area contributed by atoms with Gasteiger partial charge in [0.1, 0.15) is 0 Å². The van der Waals surface area contributed by atoms with E-state index >= 15 is 0 Å². The molecular weight excluding hydrogens is 204 g/mol. The number of aliphatic hydroxyl groups excluding tert-OH is 1. The van der Waals surface area contributed by atoms with Gasteiger partial charge in [0.15, 0.2) is 0 Å². The molecule has 0 saturated carbocycles. The van der Waals surface area contributed by atoms with Crippen molar-refractivity contribution in [2.24, 2.45) is 0 Å². The van der Waals surface area contributed by atoms with Crippen molar-refractivity contribution in [1.82, 2.24) is 0 Å². The first-order valence-corrected chi connectivity index (χ1v) is 5.70. The van der Waals surface area contributed by atoms with Gasteiger partial charge in [0.05, 0.1) is 25.9 Å². The summed E-state index contributed by atoms with van der Waals surface area (Å²) in [6, 6.07) is 9.91. The molecule has 1 rings (SSSR count). The van der Waals surface area contributed by atoms with Gasteiger partial charge in [-0.2, -0.15) is 0 Å². The molecule has 0 fully saturated rings. The molecular formula is C13H20O3. The molecule has 1 aromatic rings. The first-order valence-electron chi connectivity index (χ1n) is 5.70. The third kappa shape index (κ3) is 5.85. The SMILES string of the molecule is CCOCCOCC(O)Cc1ccccc1. The van der Waals surface area contributed by atoms with Gasteiger partial charge in [0.2, 0.25) is 0 Å². The molecule has 1 N–H and O–H groups in total. The standard InChI is InChI=1S/C13H20O3/c1-2-15-8-9-16-11-13(14)10-12-6-4-3-5-7-12/h3-7,13-14H,2,8-11H2,1H3. The highest BCUT2D eigenvalue weighted by Gasteiger charge is 2.04. The van der Waals surface area contributed by atoms with Gasteiger partial charge >= 0.3 is 0 Å². The van der Waals surface area contributed by atoms with Crippen molar-refractivity contribution in [3.8, 4) is 0 Å². The summed E-state index contributed by atoms with van der Waals surface area (Å²) >= 11 is 0. The van der Waals surface area contributed by atoms with Crippen molar-refractivity contribution < 1.29 is 14.6 Å². The summed E-state index contributed by atoms with van der Waals surface area (Å²) in [5, 5.41) is 9.69. The fourth-order valence-electron chi connectivity index (χ4n) is 1.43. The van der Waals surface area contributed by atoms with E-state index in [1.807, 2.05) is 37.3 Å². The molecule has 0 spiro atoms. The molecule has 1 aromatic carbocycles. The monoisotopic (exact) mass is 224 g/mol. The number of aliphatic hydroxyl groups is 1. The van der Waals surface area contributed by atoms with Crippen LogP contribution in [0.5, 0.6) is 0 Å². The number of benzene rings is 1. The van der Waals surface area contributed by atoms with Gasteiger partial charge in [-0.3, -0.25) is 0 Å². The summed E-state index contributed by atoms with van der Waals surface area (Å²) in [7, 11) is 0. The van der Waals surface area contributed by atoms with E-state index in [0.717, 1.165) is 5.56 Å². The Hall–Kier alpha value is -0.900. The molecule has 0 aliphatic heterocycles. The lowest BCUT2D eigenvalue weighted by molar-refractivity contribution is 0.00637. The maximum absolute atomic E-state index is 9.69. The van der Waals surface area contributed by atoms with Crippen molar-refractivity contribution >= 4 is 0 Å². The average molecular weight is 224 g/mol. The minimum absolute atomic E-state index is 0.363. The molecule has 0 saturated heterocycles. The topological polar surface area (TPSA) is 38.7 Å². The van der Waals surface area contributed by atoms with Crippen LogP contribution in [0.3, 0.4) is 0 Å². The quantitative estimate of drug-likeness (QED) is 0.682. The lowest BCUT2D eigenvalue weighted by Crippen LogP contribution is -2.19. The summed E-state index contributed by atoms with van der Waals surface area (Å²) < 4.78 is 10.4. The first kappa shape index (κ1) is 13.2. The number of rotatable bonds is 8. The van der Waals surface area contributed by atoms with Crippen molar-refractivity contribution in [2.45, 2.75) is 19.4 Å². The minimum Gasteiger partial charge on any atom is -0.390 e. The van der Waals surface area contributed by atoms with Crippen LogP contribution < -0.4 is 0 Å². The van der Waals surface area contributed by atoms with Crippen molar-refractivity contribution in [3.05, 3.63) is 35.9 Å². The molecule has 0 amide bonds. The Balaban J connectivity index is 2.09. The molecule has 1 unspecified atom stereocenters. The van der Waals surface area contributed by atoms with E-state index in [0.29, 0.717) is 32.8 Å². The van der Waals surface area contributed by atoms with Crippen LogP contribution in [0.1, 0.15) is 12.5 Å². The molecule has 1 atom stereocenters. The zero-order chi connectivity index (χ0) is 11.6. The number of hydrogen-bond donors (Lipinski definition) is 1. The van der Waals surface area contributed by atoms with Crippen LogP contribution in [0.25, 0.3) is 0 Å². The van der Waals surface area contributed by atoms with E-state index in [-0.39, 0.29) is 0 Å². The molecule has 90 valence electrons. The highest BCUT2D eigenvalue weighted by atomic mass is 16.5. The molecule has 3 heteroatoms. The zero-order valence-corrected chi connectivity index (χ0v) is 9.76. The second-order valence-corrected chi connectivity index (χ2v) is 3.62. The summed E-state index contributed by atoms with van der Waals surface area (Å²) in [5.41, 5.74) is 1.13. The van der Waals surface area contributed by atoms with Crippen LogP contribution >= 0.6 is 0 Å². The van der Waals surface area contributed by atoms with Crippen LogP contribution in [-0.2, 0) is 15.9 Å². The largest absolute Gasteiger partial charge is 0.390 e. The first-order chi connectivity index (χ1) is 7.83. The van der Waals surface area contributed by atoms with E-state index in [1.54, 1.807) is 0 Å². The van der Waals surface area contributed by atoms with Crippen LogP contribution in [-0.4, -0.2) is 37.6 Å². The molecule has 0 aliphatic rings. The number of ether oxygens (including phenoxy) is 2. The van der Waals surface area contributed by atoms with Gasteiger partial charge in [-0.25, -0.2) is 0 Å². The Kier molecular flexibility index (Phi) is 6.81. The normalized spacial score (nSPS) is 12.6. The smallest absolute Gasteiger partial charge is 0.0813 e. The highest BCUT2D eigenvalue weighted by molar-refractivity contribution is 5.15. The fourth-order valence-corrected chi connectivity index (χ4v) is 1.43. The minimum atomic E-state index is -0.441. The van der Waals surface area contributed by atoms with Crippen LogP contribution in [0, 0.1) is 0 Å². The Labute approximate surface area is 97.0 Å². The predicted molar refractivity (Wildman–Crippen MR) is 63.5 cm³/mol. The molecule has 16 heavy (non-hydrogen) atoms. The maximum Gasteiger partial charge on any atom is 0.0813 e. The Morgan fingerprint density at radius 1 is 1.12 bits per heavy atom. The van der Waals surface area contributed by atoms with E-state index in [9.17, 15) is 5.11 Å². The summed E-state index contributed by atoms with van der Waals surface area (Å²) in [6.07, 6.45) is 0.194. The molecule has 0 aromatic heterocycles. The predicted octanol–water partition coefficient (Wildman–Crippen LogP) is 1.64. The van der Waals surface area contributed by atoms with Gasteiger partial charge in [-0.15, -0.1) is 0 Å². The maximum atomic E-state index is 9.69. The molecule has 0 bridgehead atoms. The summed E-state index contributed by atoms with van der Waals surface area (Å²) in [5.74, 6) is 0. The van der Waals surface area contributed by atoms with Crippen LogP contribution in [0.4, 0.5) is 0 Å². The Bertz CT molecular complexity index is 261. The van der Waals surface area contributed by atoms with Crippen LogP contribution in [0.15, 0.2) is 30.3 Å². The van der Waals surface area contributed by atoms with Gasteiger partial charge in [0, 0.05) is 13.0 Å². The van der Waals surface area contributed by atoms with E-state index in [2.05, 4.69) is 0 Å². The molecule has 0 aliphatic carbocycles. The fraction of sp³-hybridized carbons (Fsp3) is 0.538. The van der Waals surface area contributed by atoms with Crippen LogP contribution in [0.2, 0.25) is 0 Å². The Morgan fingerprint density at radius 2 is 1.81 bits per heavy atom. The van der Waals surface area contributed by atoms with Crippen molar-refractivity contribution in [2.75, 3.05) is 26.4 Å². The third-order valence-corrected chi connectivity index (χ3v) is 2.20. The van der Waals surface area contributed by atoms with Gasteiger partial charge in [-0.05, 0) is 12.5 Å². The summed E-state index contributed by atoms with van der Waals surface area (Å²) in [6.45, 7) is 4.15. The molecule has 0 heterocycles. The van der Waals surface area contributed by atoms with E-state index < -0.39 is 6.10 Å². The third-order valence-electron chi connectivity index (χ3n) is 2.20. The van der Waals surface area contributed by atoms with E-state index in [1.165, 1.54) is 0 Å². The Morgan fingerprint density at radius 3 is 2.50 bits per heavy atom. The summed E-state index contributed by atoms with van der Waals surface area (Å²) in [4.78, 5) is 0. The lowest BCUT2D eigenvalue weighted by Gasteiger charge is -2.11. The van der Waals surface area contributed by atoms with Gasteiger partial charge in [-0.1, -0.05) is 30.3 Å². The average Bonchev–Trinajstić information content (AvgIpc) is 2.30. The van der Waals surface area contributed by atoms with Crippen molar-refractivity contribution in [1.29, 1.82) is 0 Å². The van der Waals surface area contributed by atoms with Gasteiger partial charge in [0.25, 0.3) is 0 Å².